The van der Waals surface area contributed by atoms with Crippen LogP contribution in [0.4, 0.5) is 0 Å². The molecule has 0 saturated carbocycles. The number of aromatic nitrogens is 2. The summed E-state index contributed by atoms with van der Waals surface area (Å²) in [6, 6.07) is 8.84. The van der Waals surface area contributed by atoms with Crippen molar-refractivity contribution in [2.24, 2.45) is 0 Å². The van der Waals surface area contributed by atoms with Gasteiger partial charge in [-0.25, -0.2) is 9.97 Å². The van der Waals surface area contributed by atoms with Crippen molar-refractivity contribution < 1.29 is 0 Å². The van der Waals surface area contributed by atoms with Crippen molar-refractivity contribution in [2.45, 2.75) is 117 Å². The van der Waals surface area contributed by atoms with Gasteiger partial charge >= 0.3 is 0 Å². The highest BCUT2D eigenvalue weighted by molar-refractivity contribution is 5.55. The largest absolute Gasteiger partial charge is 0.236 e. The van der Waals surface area contributed by atoms with Gasteiger partial charge in [0.2, 0.25) is 0 Å². The summed E-state index contributed by atoms with van der Waals surface area (Å²) >= 11 is 0. The van der Waals surface area contributed by atoms with E-state index in [9.17, 15) is 0 Å². The highest BCUT2D eigenvalue weighted by Gasteiger charge is 2.03. The second-order valence-corrected chi connectivity index (χ2v) is 8.85. The van der Waals surface area contributed by atoms with E-state index >= 15 is 0 Å². The average molecular weight is 409 g/mol. The highest BCUT2D eigenvalue weighted by Crippen LogP contribution is 2.18. The fraction of sp³-hybridized carbons (Fsp3) is 0.643. The van der Waals surface area contributed by atoms with Crippen molar-refractivity contribution in [1.82, 2.24) is 9.97 Å². The van der Waals surface area contributed by atoms with Crippen LogP contribution in [0.2, 0.25) is 0 Å². The van der Waals surface area contributed by atoms with Crippen LogP contribution in [0.1, 0.15) is 115 Å². The third kappa shape index (κ3) is 10.4. The summed E-state index contributed by atoms with van der Waals surface area (Å²) in [6.45, 7) is 4.55. The van der Waals surface area contributed by atoms with Gasteiger partial charge in [-0.3, -0.25) is 0 Å². The summed E-state index contributed by atoms with van der Waals surface area (Å²) in [4.78, 5) is 9.24. The lowest BCUT2D eigenvalue weighted by molar-refractivity contribution is 0.564. The molecule has 2 heteroatoms. The SMILES string of the molecule is CCCCCCCCCCCc1cnc(-c2ccc(CCCCCCC)cc2)nc1. The number of aryl methyl sites for hydroxylation is 2. The molecule has 2 aromatic rings. The minimum Gasteiger partial charge on any atom is -0.236 e. The van der Waals surface area contributed by atoms with Gasteiger partial charge in [-0.2, -0.15) is 0 Å². The fourth-order valence-corrected chi connectivity index (χ4v) is 4.03. The van der Waals surface area contributed by atoms with E-state index in [-0.39, 0.29) is 0 Å². The molecule has 0 aliphatic rings. The van der Waals surface area contributed by atoms with Crippen molar-refractivity contribution in [3.63, 3.8) is 0 Å². The van der Waals surface area contributed by atoms with Crippen LogP contribution in [-0.4, -0.2) is 9.97 Å². The highest BCUT2D eigenvalue weighted by atomic mass is 14.9. The third-order valence-corrected chi connectivity index (χ3v) is 6.06. The third-order valence-electron chi connectivity index (χ3n) is 6.06. The van der Waals surface area contributed by atoms with E-state index in [1.807, 2.05) is 12.4 Å². The van der Waals surface area contributed by atoms with E-state index in [0.717, 1.165) is 17.8 Å². The van der Waals surface area contributed by atoms with Crippen molar-refractivity contribution in [1.29, 1.82) is 0 Å². The molecule has 0 atom stereocenters. The Morgan fingerprint density at radius 3 is 1.43 bits per heavy atom. The molecule has 2 rings (SSSR count). The zero-order valence-electron chi connectivity index (χ0n) is 19.7. The Bertz CT molecular complexity index is 645. The fourth-order valence-electron chi connectivity index (χ4n) is 4.03. The van der Waals surface area contributed by atoms with Gasteiger partial charge in [-0.15, -0.1) is 0 Å². The normalized spacial score (nSPS) is 11.1. The first-order valence-corrected chi connectivity index (χ1v) is 12.7. The van der Waals surface area contributed by atoms with Gasteiger partial charge in [0.05, 0.1) is 0 Å². The maximum Gasteiger partial charge on any atom is 0.159 e. The predicted molar refractivity (Wildman–Crippen MR) is 131 cm³/mol. The zero-order valence-corrected chi connectivity index (χ0v) is 19.7. The first kappa shape index (κ1) is 24.6. The molecule has 0 unspecified atom stereocenters. The number of benzene rings is 1. The van der Waals surface area contributed by atoms with Crippen LogP contribution in [0.3, 0.4) is 0 Å². The number of hydrogen-bond donors (Lipinski definition) is 0. The summed E-state index contributed by atoms with van der Waals surface area (Å²) in [5, 5.41) is 0. The van der Waals surface area contributed by atoms with Crippen molar-refractivity contribution in [3.05, 3.63) is 47.8 Å². The van der Waals surface area contributed by atoms with Crippen molar-refractivity contribution in [2.75, 3.05) is 0 Å². The van der Waals surface area contributed by atoms with Crippen molar-refractivity contribution >= 4 is 0 Å². The van der Waals surface area contributed by atoms with Crippen LogP contribution < -0.4 is 0 Å². The predicted octanol–water partition coefficient (Wildman–Crippen LogP) is 8.73. The topological polar surface area (TPSA) is 25.8 Å². The monoisotopic (exact) mass is 408 g/mol. The Hall–Kier alpha value is -1.70. The van der Waals surface area contributed by atoms with E-state index in [1.165, 1.54) is 107 Å². The molecule has 30 heavy (non-hydrogen) atoms. The van der Waals surface area contributed by atoms with Gasteiger partial charge in [-0.1, -0.05) is 115 Å². The Labute approximate surface area is 185 Å². The van der Waals surface area contributed by atoms with E-state index in [1.54, 1.807) is 0 Å². The quantitative estimate of drug-likeness (QED) is 0.244. The molecule has 166 valence electrons. The second-order valence-electron chi connectivity index (χ2n) is 8.85. The minimum atomic E-state index is 0.848. The average Bonchev–Trinajstić information content (AvgIpc) is 2.79. The number of rotatable bonds is 17. The second kappa shape index (κ2) is 16.1. The number of hydrogen-bond acceptors (Lipinski definition) is 2. The van der Waals surface area contributed by atoms with E-state index in [0.29, 0.717) is 0 Å². The molecule has 0 aliphatic carbocycles. The molecule has 1 aromatic carbocycles. The van der Waals surface area contributed by atoms with E-state index in [4.69, 9.17) is 0 Å². The van der Waals surface area contributed by atoms with Crippen LogP contribution in [0.25, 0.3) is 11.4 Å². The molecule has 0 spiro atoms. The summed E-state index contributed by atoms with van der Waals surface area (Å²) in [7, 11) is 0. The summed E-state index contributed by atoms with van der Waals surface area (Å²) in [5.41, 5.74) is 3.82. The lowest BCUT2D eigenvalue weighted by Gasteiger charge is -2.05. The zero-order chi connectivity index (χ0) is 21.3. The van der Waals surface area contributed by atoms with Crippen LogP contribution in [0.15, 0.2) is 36.7 Å². The van der Waals surface area contributed by atoms with Gasteiger partial charge < -0.3 is 0 Å². The lowest BCUT2D eigenvalue weighted by atomic mass is 10.0. The number of unbranched alkanes of at least 4 members (excludes halogenated alkanes) is 12. The van der Waals surface area contributed by atoms with Crippen LogP contribution in [0, 0.1) is 0 Å². The maximum atomic E-state index is 4.62. The molecule has 2 nitrogen and oxygen atoms in total. The summed E-state index contributed by atoms with van der Waals surface area (Å²) in [6.07, 6.45) is 25.4. The Kier molecular flexibility index (Phi) is 13.1. The first-order chi connectivity index (χ1) is 14.8. The Balaban J connectivity index is 1.64. The number of nitrogens with zero attached hydrogens (tertiary/aromatic N) is 2. The van der Waals surface area contributed by atoms with Crippen LogP contribution in [-0.2, 0) is 12.8 Å². The van der Waals surface area contributed by atoms with E-state index in [2.05, 4.69) is 48.1 Å². The Morgan fingerprint density at radius 1 is 0.500 bits per heavy atom. The molecule has 0 bridgehead atoms. The molecule has 1 heterocycles. The van der Waals surface area contributed by atoms with E-state index < -0.39 is 0 Å². The van der Waals surface area contributed by atoms with Gasteiger partial charge in [0.25, 0.3) is 0 Å². The van der Waals surface area contributed by atoms with Gasteiger partial charge in [-0.05, 0) is 36.8 Å². The van der Waals surface area contributed by atoms with Crippen LogP contribution >= 0.6 is 0 Å². The molecular weight excluding hydrogens is 364 g/mol. The summed E-state index contributed by atoms with van der Waals surface area (Å²) < 4.78 is 0. The smallest absolute Gasteiger partial charge is 0.159 e. The Morgan fingerprint density at radius 2 is 0.933 bits per heavy atom. The summed E-state index contributed by atoms with van der Waals surface area (Å²) in [5.74, 6) is 0.848. The molecule has 0 fully saturated rings. The first-order valence-electron chi connectivity index (χ1n) is 12.7. The molecule has 0 amide bonds. The maximum absolute atomic E-state index is 4.62. The molecule has 0 N–H and O–H groups in total. The molecule has 0 aliphatic heterocycles. The van der Waals surface area contributed by atoms with Gasteiger partial charge in [0.15, 0.2) is 5.82 Å². The van der Waals surface area contributed by atoms with Gasteiger partial charge in [0, 0.05) is 18.0 Å². The molecule has 0 saturated heterocycles. The lowest BCUT2D eigenvalue weighted by Crippen LogP contribution is -1.94. The van der Waals surface area contributed by atoms with Crippen molar-refractivity contribution in [3.8, 4) is 11.4 Å². The molecule has 0 radical (unpaired) electrons. The molecule has 1 aromatic heterocycles. The molecular formula is C28H44N2. The standard InChI is InChI=1S/C28H44N2/c1-3-5-7-9-10-11-12-14-16-18-26-23-29-28(30-24-26)27-21-19-25(20-22-27)17-15-13-8-6-4-2/h19-24H,3-18H2,1-2H3. The van der Waals surface area contributed by atoms with Gasteiger partial charge in [0.1, 0.15) is 0 Å². The van der Waals surface area contributed by atoms with Crippen LogP contribution in [0.5, 0.6) is 0 Å². The minimum absolute atomic E-state index is 0.848.